The first-order valence-corrected chi connectivity index (χ1v) is 8.46. The largest absolute Gasteiger partial charge is 0.478 e. The number of ether oxygens (including phenoxy) is 1. The number of nitrogens with zero attached hydrogens (tertiary/aromatic N) is 1. The van der Waals surface area contributed by atoms with Crippen LogP contribution in [0.25, 0.3) is 0 Å². The minimum absolute atomic E-state index is 0.0392. The summed E-state index contributed by atoms with van der Waals surface area (Å²) >= 11 is 0. The zero-order valence-electron chi connectivity index (χ0n) is 12.8. The third-order valence-corrected chi connectivity index (χ3v) is 4.41. The van der Waals surface area contributed by atoms with Crippen molar-refractivity contribution in [2.45, 2.75) is 4.90 Å². The van der Waals surface area contributed by atoms with Crippen LogP contribution in [-0.4, -0.2) is 26.5 Å². The van der Waals surface area contributed by atoms with Crippen LogP contribution in [0.5, 0.6) is 5.75 Å². The summed E-state index contributed by atoms with van der Waals surface area (Å²) in [4.78, 5) is 9.67. The van der Waals surface area contributed by atoms with E-state index < -0.39 is 31.3 Å². The molecule has 0 amide bonds. The van der Waals surface area contributed by atoms with Crippen LogP contribution in [0, 0.1) is 27.8 Å². The van der Waals surface area contributed by atoms with Crippen molar-refractivity contribution in [3.05, 3.63) is 64.5 Å². The van der Waals surface area contributed by atoms with Gasteiger partial charge in [-0.2, -0.15) is 4.72 Å². The van der Waals surface area contributed by atoms with E-state index in [-0.39, 0.29) is 18.9 Å². The molecule has 0 fully saturated rings. The van der Waals surface area contributed by atoms with Crippen molar-refractivity contribution in [3.63, 3.8) is 0 Å². The number of hydrogen-bond donors (Lipinski definition) is 1. The molecule has 0 aliphatic rings. The molecule has 0 heterocycles. The third-order valence-electron chi connectivity index (χ3n) is 2.96. The van der Waals surface area contributed by atoms with Gasteiger partial charge in [-0.25, -0.2) is 12.8 Å². The standard InChI is InChI=1S/C16H13FN2O5S/c17-13-7-1-3-9-15(13)24-12-6-5-11-18-25(22,23)16-10-4-2-8-14(16)19(20)21/h1-4,7-10,18H,11-12H2. The number of nitro benzene ring substituents is 1. The molecule has 9 heteroatoms. The molecule has 0 saturated heterocycles. The maximum Gasteiger partial charge on any atom is 0.289 e. The Labute approximate surface area is 143 Å². The van der Waals surface area contributed by atoms with E-state index in [4.69, 9.17) is 4.74 Å². The highest BCUT2D eigenvalue weighted by molar-refractivity contribution is 7.89. The molecule has 0 saturated carbocycles. The van der Waals surface area contributed by atoms with Crippen molar-refractivity contribution in [2.75, 3.05) is 13.2 Å². The summed E-state index contributed by atoms with van der Waals surface area (Å²) in [5.74, 6) is 4.53. The van der Waals surface area contributed by atoms with E-state index in [9.17, 15) is 22.9 Å². The monoisotopic (exact) mass is 364 g/mol. The van der Waals surface area contributed by atoms with E-state index in [1.807, 2.05) is 0 Å². The van der Waals surface area contributed by atoms with Crippen LogP contribution < -0.4 is 9.46 Å². The fourth-order valence-electron chi connectivity index (χ4n) is 1.83. The number of nitrogens with one attached hydrogen (secondary N) is 1. The molecular weight excluding hydrogens is 351 g/mol. The minimum Gasteiger partial charge on any atom is -0.478 e. The molecule has 0 unspecified atom stereocenters. The van der Waals surface area contributed by atoms with Crippen LogP contribution in [0.15, 0.2) is 53.4 Å². The van der Waals surface area contributed by atoms with Gasteiger partial charge >= 0.3 is 0 Å². The van der Waals surface area contributed by atoms with E-state index in [1.54, 1.807) is 6.07 Å². The Balaban J connectivity index is 1.94. The summed E-state index contributed by atoms with van der Waals surface area (Å²) in [7, 11) is -4.08. The summed E-state index contributed by atoms with van der Waals surface area (Å²) in [5, 5.41) is 10.9. The normalized spacial score (nSPS) is 10.6. The molecule has 0 aliphatic heterocycles. The zero-order chi connectivity index (χ0) is 18.3. The lowest BCUT2D eigenvalue weighted by molar-refractivity contribution is -0.387. The average Bonchev–Trinajstić information content (AvgIpc) is 2.59. The van der Waals surface area contributed by atoms with Gasteiger partial charge < -0.3 is 4.74 Å². The van der Waals surface area contributed by atoms with E-state index in [0.717, 1.165) is 12.1 Å². The highest BCUT2D eigenvalue weighted by atomic mass is 32.2. The lowest BCUT2D eigenvalue weighted by atomic mass is 10.3. The molecule has 1 N–H and O–H groups in total. The third kappa shape index (κ3) is 5.00. The topological polar surface area (TPSA) is 98.5 Å². The number of para-hydroxylation sites is 2. The molecule has 0 bridgehead atoms. The minimum atomic E-state index is -4.08. The zero-order valence-corrected chi connectivity index (χ0v) is 13.6. The van der Waals surface area contributed by atoms with Gasteiger partial charge in [0, 0.05) is 6.07 Å². The first kappa shape index (κ1) is 18.4. The van der Waals surface area contributed by atoms with Crippen LogP contribution in [0.3, 0.4) is 0 Å². The maximum atomic E-state index is 13.3. The van der Waals surface area contributed by atoms with Crippen molar-refractivity contribution in [2.24, 2.45) is 0 Å². The summed E-state index contributed by atoms with van der Waals surface area (Å²) in [6.07, 6.45) is 0. The van der Waals surface area contributed by atoms with Crippen LogP contribution in [0.4, 0.5) is 10.1 Å². The Bertz CT molecular complexity index is 935. The fourth-order valence-corrected chi connectivity index (χ4v) is 2.93. The lowest BCUT2D eigenvalue weighted by Gasteiger charge is -2.04. The summed E-state index contributed by atoms with van der Waals surface area (Å²) in [5.41, 5.74) is -0.522. The van der Waals surface area contributed by atoms with Gasteiger partial charge in [-0.15, -0.1) is 0 Å². The second kappa shape index (κ2) is 8.23. The van der Waals surface area contributed by atoms with Crippen molar-refractivity contribution in [3.8, 4) is 17.6 Å². The Morgan fingerprint density at radius 1 is 1.12 bits per heavy atom. The van der Waals surface area contributed by atoms with Gasteiger partial charge in [0.1, 0.15) is 6.61 Å². The van der Waals surface area contributed by atoms with E-state index in [0.29, 0.717) is 0 Å². The smallest absolute Gasteiger partial charge is 0.289 e. The Hall–Kier alpha value is -2.96. The van der Waals surface area contributed by atoms with Gasteiger partial charge in [0.2, 0.25) is 10.0 Å². The van der Waals surface area contributed by atoms with E-state index in [1.165, 1.54) is 30.3 Å². The number of halogens is 1. The molecule has 7 nitrogen and oxygen atoms in total. The predicted molar refractivity (Wildman–Crippen MR) is 88.0 cm³/mol. The maximum absolute atomic E-state index is 13.3. The van der Waals surface area contributed by atoms with Gasteiger partial charge in [0.15, 0.2) is 16.5 Å². The Kier molecular flexibility index (Phi) is 6.05. The van der Waals surface area contributed by atoms with E-state index >= 15 is 0 Å². The molecule has 2 aromatic rings. The quantitative estimate of drug-likeness (QED) is 0.481. The van der Waals surface area contributed by atoms with Gasteiger partial charge in [-0.1, -0.05) is 36.1 Å². The van der Waals surface area contributed by atoms with Gasteiger partial charge in [-0.05, 0) is 18.2 Å². The van der Waals surface area contributed by atoms with Crippen LogP contribution in [0.2, 0.25) is 0 Å². The molecule has 2 aromatic carbocycles. The molecule has 130 valence electrons. The molecule has 0 aliphatic carbocycles. The predicted octanol–water partition coefficient (Wildman–Crippen LogP) is 2.09. The molecule has 0 radical (unpaired) electrons. The highest BCUT2D eigenvalue weighted by Crippen LogP contribution is 2.22. The SMILES string of the molecule is O=[N+]([O-])c1ccccc1S(=O)(=O)NCC#CCOc1ccccc1F. The molecule has 0 spiro atoms. The van der Waals surface area contributed by atoms with E-state index in [2.05, 4.69) is 16.6 Å². The Morgan fingerprint density at radius 2 is 1.80 bits per heavy atom. The number of nitro groups is 1. The van der Waals surface area contributed by atoms with Gasteiger partial charge in [-0.3, -0.25) is 10.1 Å². The fraction of sp³-hybridized carbons (Fsp3) is 0.125. The van der Waals surface area contributed by atoms with Gasteiger partial charge in [0.05, 0.1) is 11.5 Å². The molecular formula is C16H13FN2O5S. The first-order chi connectivity index (χ1) is 11.9. The lowest BCUT2D eigenvalue weighted by Crippen LogP contribution is -2.24. The molecule has 0 aromatic heterocycles. The van der Waals surface area contributed by atoms with Crippen LogP contribution >= 0.6 is 0 Å². The first-order valence-electron chi connectivity index (χ1n) is 6.98. The molecule has 2 rings (SSSR count). The second-order valence-corrected chi connectivity index (χ2v) is 6.36. The van der Waals surface area contributed by atoms with Crippen molar-refractivity contribution >= 4 is 15.7 Å². The summed E-state index contributed by atoms with van der Waals surface area (Å²) < 4.78 is 44.7. The summed E-state index contributed by atoms with van der Waals surface area (Å²) in [6.45, 7) is -0.400. The molecule has 0 atom stereocenters. The molecule has 25 heavy (non-hydrogen) atoms. The number of rotatable bonds is 6. The van der Waals surface area contributed by atoms with Crippen molar-refractivity contribution in [1.29, 1.82) is 0 Å². The Morgan fingerprint density at radius 3 is 2.52 bits per heavy atom. The number of sulfonamides is 1. The van der Waals surface area contributed by atoms with Gasteiger partial charge in [0.25, 0.3) is 5.69 Å². The number of hydrogen-bond acceptors (Lipinski definition) is 5. The second-order valence-electron chi connectivity index (χ2n) is 4.62. The van der Waals surface area contributed by atoms with Crippen LogP contribution in [-0.2, 0) is 10.0 Å². The van der Waals surface area contributed by atoms with Crippen molar-refractivity contribution < 1.29 is 22.5 Å². The average molecular weight is 364 g/mol. The highest BCUT2D eigenvalue weighted by Gasteiger charge is 2.24. The van der Waals surface area contributed by atoms with Crippen molar-refractivity contribution in [1.82, 2.24) is 4.72 Å². The van der Waals surface area contributed by atoms with Crippen LogP contribution in [0.1, 0.15) is 0 Å². The summed E-state index contributed by atoms with van der Waals surface area (Å²) in [6, 6.07) is 10.8. The number of benzene rings is 2.